The van der Waals surface area contributed by atoms with Crippen LogP contribution in [0.25, 0.3) is 32.9 Å². The number of aromatic nitrogens is 3. The molecule has 50 heavy (non-hydrogen) atoms. The molecule has 3 saturated heterocycles. The maximum atomic E-state index is 16.7. The minimum Gasteiger partial charge on any atom is -0.508 e. The lowest BCUT2D eigenvalue weighted by Crippen LogP contribution is -2.50. The summed E-state index contributed by atoms with van der Waals surface area (Å²) in [6.45, 7) is 5.37. The number of anilines is 1. The van der Waals surface area contributed by atoms with Crippen LogP contribution in [0.5, 0.6) is 11.8 Å². The van der Waals surface area contributed by atoms with E-state index in [1.54, 1.807) is 4.90 Å². The van der Waals surface area contributed by atoms with Crippen molar-refractivity contribution in [2.75, 3.05) is 44.2 Å². The van der Waals surface area contributed by atoms with Crippen molar-refractivity contribution < 1.29 is 36.2 Å². The fraction of sp³-hybridized carbons (Fsp3) is 0.361. The Hall–Kier alpha value is -4.87. The molecule has 4 aromatic rings. The topological polar surface area (TPSA) is 86.6 Å². The van der Waals surface area contributed by atoms with Crippen LogP contribution in [0, 0.1) is 24.0 Å². The second-order valence-electron chi connectivity index (χ2n) is 12.2. The Bertz CT molecular complexity index is 2060. The van der Waals surface area contributed by atoms with E-state index in [0.29, 0.717) is 31.4 Å². The number of fused-ring (bicyclic) bond motifs is 3. The summed E-state index contributed by atoms with van der Waals surface area (Å²) < 4.78 is 91.1. The van der Waals surface area contributed by atoms with Gasteiger partial charge in [-0.15, -0.1) is 6.42 Å². The first-order chi connectivity index (χ1) is 24.1. The number of aromatic hydroxyl groups is 1. The standard InChI is InChI=1S/C34H28F6N6O2.C2H6/c1-2-22-25(35)5-4-18-10-21(47)12-23(27(18)22)29-28(38)30-24(14-42-29)32(45-9-7-41-20(16-45)11-26(36)37)44-33(43-30)48-17-34-6-3-8-46(34)15-19(13-34)31(39)40;1-2/h1,4-5,10-12,14,20,41,47H,3,6-9,13,15-17H2;1-2H3/t20?,34-;/m1./s1. The molecule has 3 aliphatic rings. The Morgan fingerprint density at radius 2 is 1.96 bits per heavy atom. The van der Waals surface area contributed by atoms with Crippen molar-refractivity contribution in [2.24, 2.45) is 0 Å². The molecule has 8 nitrogen and oxygen atoms in total. The number of terminal acetylenes is 1. The van der Waals surface area contributed by atoms with Crippen LogP contribution in [-0.4, -0.2) is 75.9 Å². The van der Waals surface area contributed by atoms with Gasteiger partial charge in [0.05, 0.1) is 16.5 Å². The number of rotatable bonds is 6. The Morgan fingerprint density at radius 3 is 2.70 bits per heavy atom. The minimum atomic E-state index is -1.86. The highest BCUT2D eigenvalue weighted by Crippen LogP contribution is 2.43. The van der Waals surface area contributed by atoms with Crippen molar-refractivity contribution in [1.82, 2.24) is 25.2 Å². The molecular weight excluding hydrogens is 662 g/mol. The van der Waals surface area contributed by atoms with Crippen LogP contribution in [0.4, 0.5) is 32.2 Å². The van der Waals surface area contributed by atoms with E-state index in [1.165, 1.54) is 24.4 Å². The zero-order valence-corrected chi connectivity index (χ0v) is 27.3. The number of nitrogens with zero attached hydrogens (tertiary/aromatic N) is 5. The van der Waals surface area contributed by atoms with Crippen LogP contribution >= 0.6 is 0 Å². The number of halogens is 6. The van der Waals surface area contributed by atoms with E-state index < -0.39 is 35.4 Å². The molecule has 1 unspecified atom stereocenters. The average molecular weight is 697 g/mol. The van der Waals surface area contributed by atoms with E-state index in [9.17, 15) is 27.1 Å². The van der Waals surface area contributed by atoms with E-state index in [1.807, 2.05) is 18.7 Å². The number of ether oxygens (including phenoxy) is 1. The Morgan fingerprint density at radius 1 is 1.16 bits per heavy atom. The third-order valence-corrected chi connectivity index (χ3v) is 9.33. The van der Waals surface area contributed by atoms with E-state index in [2.05, 4.69) is 26.2 Å². The fourth-order valence-corrected chi connectivity index (χ4v) is 7.17. The molecule has 0 bridgehead atoms. The van der Waals surface area contributed by atoms with Gasteiger partial charge < -0.3 is 20.1 Å². The normalized spacial score (nSPS) is 20.3. The van der Waals surface area contributed by atoms with Gasteiger partial charge in [0.15, 0.2) is 5.82 Å². The van der Waals surface area contributed by atoms with Crippen molar-refractivity contribution in [3.8, 4) is 35.4 Å². The second kappa shape index (κ2) is 14.2. The predicted molar refractivity (Wildman–Crippen MR) is 178 cm³/mol. The Balaban J connectivity index is 0.00000212. The first-order valence-corrected chi connectivity index (χ1v) is 16.3. The van der Waals surface area contributed by atoms with E-state index in [-0.39, 0.29) is 82.4 Å². The molecule has 0 amide bonds. The van der Waals surface area contributed by atoms with Crippen LogP contribution in [0.2, 0.25) is 0 Å². The predicted octanol–water partition coefficient (Wildman–Crippen LogP) is 7.16. The highest BCUT2D eigenvalue weighted by molar-refractivity contribution is 6.03. The van der Waals surface area contributed by atoms with Crippen molar-refractivity contribution in [1.29, 1.82) is 0 Å². The molecule has 7 rings (SSSR count). The smallest absolute Gasteiger partial charge is 0.319 e. The third kappa shape index (κ3) is 6.43. The summed E-state index contributed by atoms with van der Waals surface area (Å²) in [5, 5.41) is 14.1. The summed E-state index contributed by atoms with van der Waals surface area (Å²) in [5.74, 6) is 0.559. The van der Waals surface area contributed by atoms with Gasteiger partial charge in [-0.1, -0.05) is 25.8 Å². The van der Waals surface area contributed by atoms with Gasteiger partial charge in [0, 0.05) is 54.9 Å². The lowest BCUT2D eigenvalue weighted by Gasteiger charge is -2.34. The van der Waals surface area contributed by atoms with Crippen molar-refractivity contribution in [2.45, 2.75) is 44.7 Å². The zero-order chi connectivity index (χ0) is 35.7. The largest absolute Gasteiger partial charge is 0.508 e. The highest BCUT2D eigenvalue weighted by atomic mass is 19.3. The molecule has 2 aromatic carbocycles. The lowest BCUT2D eigenvalue weighted by molar-refractivity contribution is 0.108. The number of phenolic OH excluding ortho intramolecular Hbond substituents is 1. The second-order valence-corrected chi connectivity index (χ2v) is 12.2. The molecule has 2 aromatic heterocycles. The monoisotopic (exact) mass is 696 g/mol. The minimum absolute atomic E-state index is 0.0179. The summed E-state index contributed by atoms with van der Waals surface area (Å²) in [6.07, 6.45) is 5.65. The molecular formula is C36H34F6N6O2. The number of benzene rings is 2. The maximum Gasteiger partial charge on any atom is 0.319 e. The molecule has 0 aliphatic carbocycles. The number of piperazine rings is 1. The van der Waals surface area contributed by atoms with Gasteiger partial charge >= 0.3 is 6.01 Å². The van der Waals surface area contributed by atoms with Gasteiger partial charge in [-0.25, -0.2) is 8.78 Å². The van der Waals surface area contributed by atoms with Crippen LogP contribution in [0.15, 0.2) is 54.3 Å². The lowest BCUT2D eigenvalue weighted by atomic mass is 9.94. The molecule has 3 fully saturated rings. The SMILES string of the molecule is C#Cc1c(F)ccc2cc(O)cc(-c3ncc4c(N5CCNC(C=C(F)F)C5)nc(OC[C@]56CCCN5CC(=C(F)F)C6)nc4c3F)c12.CC. The third-order valence-electron chi connectivity index (χ3n) is 9.33. The molecule has 2 N–H and O–H groups in total. The van der Waals surface area contributed by atoms with Gasteiger partial charge in [-0.05, 0) is 55.5 Å². The molecule has 0 saturated carbocycles. The zero-order valence-electron chi connectivity index (χ0n) is 27.3. The van der Waals surface area contributed by atoms with Gasteiger partial charge in [0.1, 0.15) is 35.2 Å². The number of nitrogens with one attached hydrogen (secondary N) is 1. The summed E-state index contributed by atoms with van der Waals surface area (Å²) in [6, 6.07) is 4.15. The average Bonchev–Trinajstić information content (AvgIpc) is 3.66. The summed E-state index contributed by atoms with van der Waals surface area (Å²) in [7, 11) is 0. The summed E-state index contributed by atoms with van der Waals surface area (Å²) >= 11 is 0. The van der Waals surface area contributed by atoms with Crippen molar-refractivity contribution in [3.63, 3.8) is 0 Å². The summed E-state index contributed by atoms with van der Waals surface area (Å²) in [5.41, 5.74) is -1.32. The fourth-order valence-electron chi connectivity index (χ4n) is 7.17. The van der Waals surface area contributed by atoms with Gasteiger partial charge in [0.25, 0.3) is 12.2 Å². The molecule has 5 heterocycles. The molecule has 3 aliphatic heterocycles. The summed E-state index contributed by atoms with van der Waals surface area (Å²) in [4.78, 5) is 16.9. The molecule has 0 radical (unpaired) electrons. The van der Waals surface area contributed by atoms with Crippen molar-refractivity contribution in [3.05, 3.63) is 71.5 Å². The first kappa shape index (κ1) is 35.0. The molecule has 262 valence electrons. The number of hydrogen-bond acceptors (Lipinski definition) is 8. The Kier molecular flexibility index (Phi) is 9.91. The quantitative estimate of drug-likeness (QED) is 0.162. The highest BCUT2D eigenvalue weighted by Gasteiger charge is 2.48. The molecule has 2 atom stereocenters. The maximum absolute atomic E-state index is 16.7. The van der Waals surface area contributed by atoms with E-state index >= 15 is 4.39 Å². The van der Waals surface area contributed by atoms with E-state index in [4.69, 9.17) is 11.2 Å². The van der Waals surface area contributed by atoms with Crippen LogP contribution in [0.1, 0.15) is 38.7 Å². The number of pyridine rings is 1. The van der Waals surface area contributed by atoms with Gasteiger partial charge in [-0.2, -0.15) is 27.5 Å². The molecule has 0 spiro atoms. The number of hydrogen-bond donors (Lipinski definition) is 2. The first-order valence-electron chi connectivity index (χ1n) is 16.3. The number of phenols is 1. The van der Waals surface area contributed by atoms with Crippen LogP contribution < -0.4 is 15.0 Å². The van der Waals surface area contributed by atoms with Crippen LogP contribution in [0.3, 0.4) is 0 Å². The Labute approximate surface area is 284 Å². The van der Waals surface area contributed by atoms with E-state index in [0.717, 1.165) is 18.6 Å². The van der Waals surface area contributed by atoms with Crippen molar-refractivity contribution >= 4 is 27.5 Å². The van der Waals surface area contributed by atoms with Gasteiger partial charge in [0.2, 0.25) is 0 Å². The molecule has 14 heteroatoms. The van der Waals surface area contributed by atoms with Gasteiger partial charge in [-0.3, -0.25) is 9.88 Å². The van der Waals surface area contributed by atoms with Crippen LogP contribution in [-0.2, 0) is 0 Å².